The van der Waals surface area contributed by atoms with Crippen molar-refractivity contribution >= 4 is 23.9 Å². The number of benzene rings is 2. The van der Waals surface area contributed by atoms with E-state index in [2.05, 4.69) is 10.5 Å². The first-order valence-electron chi connectivity index (χ1n) is 7.16. The van der Waals surface area contributed by atoms with Gasteiger partial charge in [0.2, 0.25) is 6.79 Å². The highest BCUT2D eigenvalue weighted by Gasteiger charge is 2.14. The SMILES string of the molecule is C[C@H](Sc1ccccc1)C(=O)N/N=C\c1ccc2c(c1)OCO2. The van der Waals surface area contributed by atoms with Crippen LogP contribution in [0.15, 0.2) is 58.5 Å². The number of carbonyl (C=O) groups excluding carboxylic acids is 1. The Morgan fingerprint density at radius 2 is 2.00 bits per heavy atom. The number of ether oxygens (including phenoxy) is 2. The first kappa shape index (κ1) is 15.4. The molecule has 0 spiro atoms. The van der Waals surface area contributed by atoms with Crippen LogP contribution >= 0.6 is 11.8 Å². The van der Waals surface area contributed by atoms with Crippen LogP contribution in [0.5, 0.6) is 11.5 Å². The summed E-state index contributed by atoms with van der Waals surface area (Å²) in [5.74, 6) is 1.27. The van der Waals surface area contributed by atoms with Crippen LogP contribution in [0.2, 0.25) is 0 Å². The molecule has 2 aromatic rings. The lowest BCUT2D eigenvalue weighted by molar-refractivity contribution is -0.120. The normalized spacial score (nSPS) is 14.0. The third-order valence-electron chi connectivity index (χ3n) is 3.21. The summed E-state index contributed by atoms with van der Waals surface area (Å²) >= 11 is 1.49. The Morgan fingerprint density at radius 1 is 1.22 bits per heavy atom. The molecule has 0 saturated carbocycles. The van der Waals surface area contributed by atoms with E-state index in [0.29, 0.717) is 5.75 Å². The van der Waals surface area contributed by atoms with Crippen LogP contribution in [-0.2, 0) is 4.79 Å². The van der Waals surface area contributed by atoms with Gasteiger partial charge in [0, 0.05) is 4.90 Å². The van der Waals surface area contributed by atoms with Crippen molar-refractivity contribution in [2.45, 2.75) is 17.1 Å². The van der Waals surface area contributed by atoms with Crippen molar-refractivity contribution in [2.75, 3.05) is 6.79 Å². The van der Waals surface area contributed by atoms with E-state index in [1.54, 1.807) is 6.21 Å². The average Bonchev–Trinajstić information content (AvgIpc) is 3.03. The Morgan fingerprint density at radius 3 is 2.83 bits per heavy atom. The summed E-state index contributed by atoms with van der Waals surface area (Å²) < 4.78 is 10.5. The highest BCUT2D eigenvalue weighted by atomic mass is 32.2. The molecule has 0 unspecified atom stereocenters. The number of hydrazone groups is 1. The molecular weight excluding hydrogens is 312 g/mol. The predicted octanol–water partition coefficient (Wildman–Crippen LogP) is 3.05. The summed E-state index contributed by atoms with van der Waals surface area (Å²) in [6.07, 6.45) is 1.58. The third-order valence-corrected chi connectivity index (χ3v) is 4.32. The topological polar surface area (TPSA) is 59.9 Å². The van der Waals surface area contributed by atoms with Gasteiger partial charge in [0.15, 0.2) is 11.5 Å². The van der Waals surface area contributed by atoms with Crippen LogP contribution in [0.1, 0.15) is 12.5 Å². The van der Waals surface area contributed by atoms with Gasteiger partial charge >= 0.3 is 0 Å². The van der Waals surface area contributed by atoms with E-state index >= 15 is 0 Å². The zero-order valence-electron chi connectivity index (χ0n) is 12.6. The molecular formula is C17H16N2O3S. The number of nitrogens with one attached hydrogen (secondary N) is 1. The Labute approximate surface area is 138 Å². The Hall–Kier alpha value is -2.47. The molecule has 1 aliphatic rings. The van der Waals surface area contributed by atoms with Crippen molar-refractivity contribution < 1.29 is 14.3 Å². The van der Waals surface area contributed by atoms with E-state index in [-0.39, 0.29) is 18.0 Å². The van der Waals surface area contributed by atoms with Crippen LogP contribution in [0.25, 0.3) is 0 Å². The van der Waals surface area contributed by atoms with E-state index in [4.69, 9.17) is 9.47 Å². The molecule has 6 heteroatoms. The zero-order chi connectivity index (χ0) is 16.1. The number of hydrogen-bond acceptors (Lipinski definition) is 5. The molecule has 1 heterocycles. The van der Waals surface area contributed by atoms with Crippen molar-refractivity contribution in [3.8, 4) is 11.5 Å². The number of nitrogens with zero attached hydrogens (tertiary/aromatic N) is 1. The molecule has 3 rings (SSSR count). The molecule has 0 aromatic heterocycles. The van der Waals surface area contributed by atoms with Crippen molar-refractivity contribution in [3.05, 3.63) is 54.1 Å². The fraction of sp³-hybridized carbons (Fsp3) is 0.176. The minimum absolute atomic E-state index is 0.143. The molecule has 5 nitrogen and oxygen atoms in total. The van der Waals surface area contributed by atoms with Crippen LogP contribution in [0.4, 0.5) is 0 Å². The maximum atomic E-state index is 12.0. The summed E-state index contributed by atoms with van der Waals surface area (Å²) in [6, 6.07) is 15.3. The lowest BCUT2D eigenvalue weighted by atomic mass is 10.2. The quantitative estimate of drug-likeness (QED) is 0.521. The highest BCUT2D eigenvalue weighted by Crippen LogP contribution is 2.31. The van der Waals surface area contributed by atoms with E-state index in [1.165, 1.54) is 11.8 Å². The molecule has 0 aliphatic carbocycles. The maximum absolute atomic E-state index is 12.0. The minimum Gasteiger partial charge on any atom is -0.454 e. The first-order chi connectivity index (χ1) is 11.2. The largest absolute Gasteiger partial charge is 0.454 e. The summed E-state index contributed by atoms with van der Waals surface area (Å²) in [5, 5.41) is 3.77. The molecule has 1 atom stereocenters. The number of fused-ring (bicyclic) bond motifs is 1. The number of rotatable bonds is 5. The molecule has 1 aliphatic heterocycles. The van der Waals surface area contributed by atoms with Gasteiger partial charge in [0.1, 0.15) is 0 Å². The average molecular weight is 328 g/mol. The maximum Gasteiger partial charge on any atom is 0.253 e. The van der Waals surface area contributed by atoms with Crippen molar-refractivity contribution in [3.63, 3.8) is 0 Å². The van der Waals surface area contributed by atoms with Crippen LogP contribution in [0.3, 0.4) is 0 Å². The zero-order valence-corrected chi connectivity index (χ0v) is 13.4. The lowest BCUT2D eigenvalue weighted by Gasteiger charge is -2.09. The van der Waals surface area contributed by atoms with E-state index in [0.717, 1.165) is 16.2 Å². The smallest absolute Gasteiger partial charge is 0.253 e. The Bertz CT molecular complexity index is 719. The summed E-state index contributed by atoms with van der Waals surface area (Å²) in [5.41, 5.74) is 3.39. The van der Waals surface area contributed by atoms with Gasteiger partial charge in [-0.05, 0) is 42.8 Å². The Balaban J connectivity index is 1.54. The summed E-state index contributed by atoms with van der Waals surface area (Å²) in [7, 11) is 0. The lowest BCUT2D eigenvalue weighted by Crippen LogP contribution is -2.26. The Kier molecular flexibility index (Phi) is 4.83. The fourth-order valence-electron chi connectivity index (χ4n) is 2.01. The van der Waals surface area contributed by atoms with Gasteiger partial charge in [0.25, 0.3) is 5.91 Å². The highest BCUT2D eigenvalue weighted by molar-refractivity contribution is 8.00. The van der Waals surface area contributed by atoms with E-state index in [9.17, 15) is 4.79 Å². The van der Waals surface area contributed by atoms with Crippen molar-refractivity contribution in [2.24, 2.45) is 5.10 Å². The molecule has 0 bridgehead atoms. The van der Waals surface area contributed by atoms with Crippen LogP contribution in [0, 0.1) is 0 Å². The second kappa shape index (κ2) is 7.19. The summed E-state index contributed by atoms with van der Waals surface area (Å²) in [4.78, 5) is 13.1. The second-order valence-corrected chi connectivity index (χ2v) is 6.33. The third kappa shape index (κ3) is 4.04. The first-order valence-corrected chi connectivity index (χ1v) is 8.04. The van der Waals surface area contributed by atoms with Crippen LogP contribution < -0.4 is 14.9 Å². The minimum atomic E-state index is -0.230. The number of carbonyl (C=O) groups is 1. The molecule has 118 valence electrons. The van der Waals surface area contributed by atoms with Gasteiger partial charge in [-0.2, -0.15) is 5.10 Å². The molecule has 1 N–H and O–H groups in total. The monoisotopic (exact) mass is 328 g/mol. The van der Waals surface area contributed by atoms with E-state index in [1.807, 2.05) is 55.5 Å². The number of amides is 1. The van der Waals surface area contributed by atoms with E-state index < -0.39 is 0 Å². The van der Waals surface area contributed by atoms with Gasteiger partial charge in [0.05, 0.1) is 11.5 Å². The van der Waals surface area contributed by atoms with Gasteiger partial charge in [-0.1, -0.05) is 18.2 Å². The second-order valence-electron chi connectivity index (χ2n) is 4.92. The van der Waals surface area contributed by atoms with Gasteiger partial charge < -0.3 is 9.47 Å². The van der Waals surface area contributed by atoms with Crippen molar-refractivity contribution in [1.29, 1.82) is 0 Å². The fourth-order valence-corrected chi connectivity index (χ4v) is 2.89. The molecule has 0 fully saturated rings. The number of hydrogen-bond donors (Lipinski definition) is 1. The number of thioether (sulfide) groups is 1. The van der Waals surface area contributed by atoms with Crippen LogP contribution in [-0.4, -0.2) is 24.2 Å². The molecule has 0 saturated heterocycles. The van der Waals surface area contributed by atoms with Gasteiger partial charge in [-0.25, -0.2) is 5.43 Å². The molecule has 1 amide bonds. The summed E-state index contributed by atoms with van der Waals surface area (Å²) in [6.45, 7) is 2.09. The molecule has 23 heavy (non-hydrogen) atoms. The standard InChI is InChI=1S/C17H16N2O3S/c1-12(23-14-5-3-2-4-6-14)17(20)19-18-10-13-7-8-15-16(9-13)22-11-21-15/h2-10,12H,11H2,1H3,(H,19,20)/b18-10-/t12-/m0/s1. The predicted molar refractivity (Wildman–Crippen MR) is 90.1 cm³/mol. The van der Waals surface area contributed by atoms with Gasteiger partial charge in [-0.15, -0.1) is 11.8 Å². The van der Waals surface area contributed by atoms with Gasteiger partial charge in [-0.3, -0.25) is 4.79 Å². The van der Waals surface area contributed by atoms with Crippen molar-refractivity contribution in [1.82, 2.24) is 5.43 Å². The molecule has 0 radical (unpaired) electrons. The molecule has 2 aromatic carbocycles.